The fraction of sp³-hybridized carbons (Fsp3) is 0.280. The number of ether oxygens (including phenoxy) is 3. The van der Waals surface area contributed by atoms with Crippen LogP contribution in [-0.4, -0.2) is 55.8 Å². The maximum atomic E-state index is 12.8. The van der Waals surface area contributed by atoms with E-state index >= 15 is 0 Å². The van der Waals surface area contributed by atoms with Gasteiger partial charge in [0.2, 0.25) is 15.8 Å². The summed E-state index contributed by atoms with van der Waals surface area (Å²) in [7, 11) is -3.78. The molecule has 4 aromatic rings. The van der Waals surface area contributed by atoms with Gasteiger partial charge in [-0.05, 0) is 30.7 Å². The van der Waals surface area contributed by atoms with Gasteiger partial charge in [0.25, 0.3) is 0 Å². The number of fused-ring (bicyclic) bond motifs is 1. The molecule has 0 unspecified atom stereocenters. The molecule has 196 valence electrons. The highest BCUT2D eigenvalue weighted by Gasteiger charge is 2.16. The van der Waals surface area contributed by atoms with E-state index in [9.17, 15) is 17.2 Å². The molecule has 1 aliphatic heterocycles. The summed E-state index contributed by atoms with van der Waals surface area (Å²) in [6.07, 6.45) is 3.76. The smallest absolute Gasteiger partial charge is 0.387 e. The molecule has 3 heterocycles. The van der Waals surface area contributed by atoms with Crippen molar-refractivity contribution in [3.05, 3.63) is 77.9 Å². The van der Waals surface area contributed by atoms with E-state index in [-0.39, 0.29) is 10.6 Å². The lowest BCUT2D eigenvalue weighted by molar-refractivity contribution is -0.0504. The Morgan fingerprint density at radius 3 is 2.27 bits per heavy atom. The fourth-order valence-corrected chi connectivity index (χ4v) is 4.29. The summed E-state index contributed by atoms with van der Waals surface area (Å²) in [6, 6.07) is 12.7. The minimum Gasteiger partial charge on any atom is -0.435 e. The lowest BCUT2D eigenvalue weighted by Gasteiger charge is -2.11. The zero-order valence-electron chi connectivity index (χ0n) is 20.0. The average molecular weight is 533 g/mol. The standard InChI is InChI=1S/C21H18F2N4O3S.C4H8O2/c1-13-18(10-15-4-2-3-5-19(15)30-20(22)23)27-12-16(11-25-21(27)26-13)14-6-8-17(9-7-14)31(24,28)29;1-2-6-4-3-5-1/h2-9,11-12,20H,10H2,1H3,(H2,24,28,29);1-4H2. The molecule has 0 atom stereocenters. The van der Waals surface area contributed by atoms with Gasteiger partial charge < -0.3 is 14.2 Å². The number of benzene rings is 2. The number of para-hydroxylation sites is 1. The number of aromatic nitrogens is 3. The molecule has 37 heavy (non-hydrogen) atoms. The first kappa shape index (κ1) is 26.6. The molecule has 0 aliphatic carbocycles. The zero-order valence-corrected chi connectivity index (χ0v) is 20.8. The van der Waals surface area contributed by atoms with E-state index in [1.165, 1.54) is 18.2 Å². The predicted molar refractivity (Wildman–Crippen MR) is 132 cm³/mol. The van der Waals surface area contributed by atoms with Gasteiger partial charge in [-0.25, -0.2) is 23.5 Å². The van der Waals surface area contributed by atoms with Crippen LogP contribution < -0.4 is 9.88 Å². The van der Waals surface area contributed by atoms with Crippen molar-refractivity contribution in [2.75, 3.05) is 26.4 Å². The van der Waals surface area contributed by atoms with E-state index in [1.54, 1.807) is 40.9 Å². The van der Waals surface area contributed by atoms with E-state index in [0.29, 0.717) is 23.5 Å². The molecule has 0 radical (unpaired) electrons. The molecule has 1 aliphatic rings. The van der Waals surface area contributed by atoms with Crippen LogP contribution >= 0.6 is 0 Å². The van der Waals surface area contributed by atoms with Crippen molar-refractivity contribution >= 4 is 15.8 Å². The van der Waals surface area contributed by atoms with Crippen molar-refractivity contribution in [3.63, 3.8) is 0 Å². The maximum Gasteiger partial charge on any atom is 0.387 e. The molecule has 0 spiro atoms. The first-order valence-electron chi connectivity index (χ1n) is 11.4. The van der Waals surface area contributed by atoms with Crippen molar-refractivity contribution in [3.8, 4) is 16.9 Å². The van der Waals surface area contributed by atoms with Crippen LogP contribution in [0.2, 0.25) is 0 Å². The number of hydrogen-bond donors (Lipinski definition) is 1. The second-order valence-corrected chi connectivity index (χ2v) is 9.68. The number of nitrogens with two attached hydrogens (primary N) is 1. The number of halogens is 2. The van der Waals surface area contributed by atoms with E-state index in [4.69, 9.17) is 14.6 Å². The molecule has 12 heteroatoms. The number of sulfonamides is 1. The largest absolute Gasteiger partial charge is 0.435 e. The van der Waals surface area contributed by atoms with Gasteiger partial charge in [0.1, 0.15) is 5.75 Å². The SMILES string of the molecule is C1COCCO1.Cc1nc2ncc(-c3ccc(S(N)(=O)=O)cc3)cn2c1Cc1ccccc1OC(F)F. The van der Waals surface area contributed by atoms with Gasteiger partial charge in [-0.15, -0.1) is 0 Å². The van der Waals surface area contributed by atoms with Crippen LogP contribution in [0.5, 0.6) is 5.75 Å². The predicted octanol–water partition coefficient (Wildman–Crippen LogP) is 3.58. The maximum absolute atomic E-state index is 12.8. The first-order chi connectivity index (χ1) is 17.7. The number of aryl methyl sites for hydroxylation is 1. The summed E-state index contributed by atoms with van der Waals surface area (Å²) < 4.78 is 64.8. The number of nitrogens with zero attached hydrogens (tertiary/aromatic N) is 3. The van der Waals surface area contributed by atoms with E-state index in [2.05, 4.69) is 14.7 Å². The minimum absolute atomic E-state index is 0.0140. The van der Waals surface area contributed by atoms with Crippen molar-refractivity contribution in [2.45, 2.75) is 24.9 Å². The quantitative estimate of drug-likeness (QED) is 0.403. The second-order valence-electron chi connectivity index (χ2n) is 8.11. The molecule has 1 fully saturated rings. The average Bonchev–Trinajstić information content (AvgIpc) is 3.20. The minimum atomic E-state index is -3.78. The molecule has 9 nitrogen and oxygen atoms in total. The van der Waals surface area contributed by atoms with Crippen molar-refractivity contribution in [1.29, 1.82) is 0 Å². The molecular weight excluding hydrogens is 506 g/mol. The molecule has 2 aromatic carbocycles. The Bertz CT molecular complexity index is 1440. The fourth-order valence-electron chi connectivity index (χ4n) is 3.77. The molecule has 2 aromatic heterocycles. The third-order valence-electron chi connectivity index (χ3n) is 5.59. The van der Waals surface area contributed by atoms with E-state index in [0.717, 1.165) is 43.2 Å². The van der Waals surface area contributed by atoms with Crippen LogP contribution in [0.1, 0.15) is 17.0 Å². The summed E-state index contributed by atoms with van der Waals surface area (Å²) in [5, 5.41) is 5.15. The Kier molecular flexibility index (Phi) is 8.44. The Labute approximate surface area is 212 Å². The number of primary sulfonamides is 1. The van der Waals surface area contributed by atoms with Crippen LogP contribution in [-0.2, 0) is 25.9 Å². The van der Waals surface area contributed by atoms with E-state index < -0.39 is 16.6 Å². The summed E-state index contributed by atoms with van der Waals surface area (Å²) in [4.78, 5) is 8.84. The van der Waals surface area contributed by atoms with Gasteiger partial charge >= 0.3 is 6.61 Å². The monoisotopic (exact) mass is 532 g/mol. The van der Waals surface area contributed by atoms with Crippen LogP contribution in [0.15, 0.2) is 65.8 Å². The number of imidazole rings is 1. The van der Waals surface area contributed by atoms with Crippen molar-refractivity contribution < 1.29 is 31.4 Å². The summed E-state index contributed by atoms with van der Waals surface area (Å²) in [5.41, 5.74) is 3.54. The normalized spacial score (nSPS) is 13.9. The lowest BCUT2D eigenvalue weighted by Crippen LogP contribution is -2.16. The molecule has 0 saturated carbocycles. The van der Waals surface area contributed by atoms with Crippen molar-refractivity contribution in [1.82, 2.24) is 14.4 Å². The van der Waals surface area contributed by atoms with Crippen LogP contribution in [0, 0.1) is 6.92 Å². The summed E-state index contributed by atoms with van der Waals surface area (Å²) in [6.45, 7) is 2.01. The summed E-state index contributed by atoms with van der Waals surface area (Å²) >= 11 is 0. The lowest BCUT2D eigenvalue weighted by atomic mass is 10.1. The number of rotatable bonds is 6. The molecule has 2 N–H and O–H groups in total. The highest BCUT2D eigenvalue weighted by Crippen LogP contribution is 2.26. The van der Waals surface area contributed by atoms with Crippen molar-refractivity contribution in [2.24, 2.45) is 5.14 Å². The topological polar surface area (TPSA) is 118 Å². The summed E-state index contributed by atoms with van der Waals surface area (Å²) in [5.74, 6) is 0.569. The van der Waals surface area contributed by atoms with Crippen LogP contribution in [0.25, 0.3) is 16.9 Å². The molecule has 1 saturated heterocycles. The third kappa shape index (κ3) is 6.86. The number of alkyl halides is 2. The van der Waals surface area contributed by atoms with Crippen LogP contribution in [0.4, 0.5) is 8.78 Å². The number of hydrogen-bond acceptors (Lipinski definition) is 7. The highest BCUT2D eigenvalue weighted by molar-refractivity contribution is 7.89. The van der Waals surface area contributed by atoms with E-state index in [1.807, 2.05) is 13.1 Å². The zero-order chi connectivity index (χ0) is 26.4. The second kappa shape index (κ2) is 11.7. The molecule has 0 bridgehead atoms. The Hall–Kier alpha value is -3.45. The Morgan fingerprint density at radius 2 is 1.68 bits per heavy atom. The van der Waals surface area contributed by atoms with Gasteiger partial charge in [-0.2, -0.15) is 8.78 Å². The van der Waals surface area contributed by atoms with Gasteiger partial charge in [0.15, 0.2) is 0 Å². The molecule has 5 rings (SSSR count). The Morgan fingerprint density at radius 1 is 1.03 bits per heavy atom. The molecular formula is C25H26F2N4O5S. The third-order valence-corrected chi connectivity index (χ3v) is 6.51. The Balaban J connectivity index is 0.000000469. The van der Waals surface area contributed by atoms with Gasteiger partial charge in [0, 0.05) is 29.9 Å². The van der Waals surface area contributed by atoms with Gasteiger partial charge in [-0.1, -0.05) is 30.3 Å². The molecule has 0 amide bonds. The van der Waals surface area contributed by atoms with Crippen LogP contribution in [0.3, 0.4) is 0 Å². The van der Waals surface area contributed by atoms with Gasteiger partial charge in [-0.3, -0.25) is 4.40 Å². The first-order valence-corrected chi connectivity index (χ1v) is 12.9. The highest BCUT2D eigenvalue weighted by atomic mass is 32.2. The van der Waals surface area contributed by atoms with Gasteiger partial charge in [0.05, 0.1) is 42.7 Å².